The highest BCUT2D eigenvalue weighted by atomic mass is 32.2. The first-order chi connectivity index (χ1) is 15.2. The van der Waals surface area contributed by atoms with Crippen LogP contribution in [0.15, 0.2) is 53.4 Å². The van der Waals surface area contributed by atoms with Gasteiger partial charge in [-0.25, -0.2) is 22.3 Å². The summed E-state index contributed by atoms with van der Waals surface area (Å²) >= 11 is 0. The van der Waals surface area contributed by atoms with Crippen molar-refractivity contribution < 1.29 is 26.8 Å². The van der Waals surface area contributed by atoms with Gasteiger partial charge in [-0.05, 0) is 36.1 Å². The maximum atomic E-state index is 13.0. The largest absolute Gasteiger partial charge is 0.365 e. The number of hydroxylamine groups is 1. The number of benzene rings is 2. The molecule has 180 valence electrons. The highest BCUT2D eigenvalue weighted by Gasteiger charge is 2.48. The van der Waals surface area contributed by atoms with Crippen molar-refractivity contribution in [3.8, 4) is 0 Å². The lowest BCUT2D eigenvalue weighted by molar-refractivity contribution is -0.130. The molecule has 4 rings (SSSR count). The molecule has 1 unspecified atom stereocenters. The van der Waals surface area contributed by atoms with Crippen LogP contribution < -0.4 is 10.4 Å². The monoisotopic (exact) mass is 494 g/mol. The van der Waals surface area contributed by atoms with Crippen LogP contribution in [0.4, 0.5) is 5.69 Å². The van der Waals surface area contributed by atoms with Gasteiger partial charge in [0.25, 0.3) is 0 Å². The smallest absolute Gasteiger partial charge is 0.245 e. The molecule has 1 saturated heterocycles. The summed E-state index contributed by atoms with van der Waals surface area (Å²) in [5, 5.41) is 9.00. The Morgan fingerprint density at radius 2 is 1.70 bits per heavy atom. The van der Waals surface area contributed by atoms with E-state index in [0.717, 1.165) is 5.56 Å². The number of sulfone groups is 2. The Bertz CT molecular complexity index is 1230. The van der Waals surface area contributed by atoms with Crippen LogP contribution in [0.3, 0.4) is 0 Å². The van der Waals surface area contributed by atoms with Gasteiger partial charge in [-0.2, -0.15) is 0 Å². The van der Waals surface area contributed by atoms with E-state index in [4.69, 9.17) is 5.21 Å². The van der Waals surface area contributed by atoms with Gasteiger partial charge in [-0.15, -0.1) is 0 Å². The first-order valence-corrected chi connectivity index (χ1v) is 13.8. The second-order valence-corrected chi connectivity index (χ2v) is 12.9. The summed E-state index contributed by atoms with van der Waals surface area (Å²) in [5.74, 6) is -0.683. The molecule has 0 saturated carbocycles. The zero-order valence-corrected chi connectivity index (χ0v) is 19.2. The number of amides is 1. The third-order valence-electron chi connectivity index (χ3n) is 6.43. The fraction of sp³-hybridized carbons (Fsp3) is 0.435. The SMILES string of the molecule is C.O=C(CC1(c2ccc(CN3CCS(=O)(=O)c4ccccc43)cc2)CCCCS1(=O)=O)NO. The molecule has 10 heteroatoms. The van der Waals surface area contributed by atoms with Gasteiger partial charge < -0.3 is 4.90 Å². The third kappa shape index (κ3) is 4.64. The van der Waals surface area contributed by atoms with Crippen molar-refractivity contribution in [2.75, 3.05) is 23.0 Å². The van der Waals surface area contributed by atoms with Crippen molar-refractivity contribution in [3.63, 3.8) is 0 Å². The highest BCUT2D eigenvalue weighted by molar-refractivity contribution is 7.92. The van der Waals surface area contributed by atoms with Crippen molar-refractivity contribution in [2.45, 2.75) is 49.3 Å². The lowest BCUT2D eigenvalue weighted by atomic mass is 9.88. The van der Waals surface area contributed by atoms with E-state index in [0.29, 0.717) is 48.5 Å². The van der Waals surface area contributed by atoms with Crippen LogP contribution in [0.2, 0.25) is 0 Å². The summed E-state index contributed by atoms with van der Waals surface area (Å²) in [7, 11) is -6.88. The normalized spacial score (nSPS) is 23.1. The Morgan fingerprint density at radius 3 is 2.36 bits per heavy atom. The van der Waals surface area contributed by atoms with Crippen molar-refractivity contribution in [1.82, 2.24) is 5.48 Å². The molecular weight excluding hydrogens is 464 g/mol. The van der Waals surface area contributed by atoms with Gasteiger partial charge in [-0.3, -0.25) is 10.0 Å². The number of hydrogen-bond acceptors (Lipinski definition) is 7. The van der Waals surface area contributed by atoms with E-state index in [-0.39, 0.29) is 25.4 Å². The van der Waals surface area contributed by atoms with Gasteiger partial charge in [0.15, 0.2) is 19.7 Å². The first-order valence-electron chi connectivity index (χ1n) is 10.5. The van der Waals surface area contributed by atoms with Crippen LogP contribution in [-0.2, 0) is 35.8 Å². The second-order valence-electron chi connectivity index (χ2n) is 8.39. The van der Waals surface area contributed by atoms with Crippen molar-refractivity contribution in [2.24, 2.45) is 0 Å². The standard InChI is InChI=1S/C22H26N2O6S2.CH4/c25-21(23-26)15-22(11-3-4-13-32(22,29)30)18-9-7-17(8-10-18)16-24-12-14-31(27,28)20-6-2-1-5-19(20)24;/h1-2,5-10,26H,3-4,11-16H2,(H,23,25);1H4. The van der Waals surface area contributed by atoms with Crippen LogP contribution in [-0.4, -0.2) is 46.0 Å². The zero-order valence-electron chi connectivity index (χ0n) is 17.5. The lowest BCUT2D eigenvalue weighted by Crippen LogP contribution is -2.44. The molecule has 0 aliphatic carbocycles. The van der Waals surface area contributed by atoms with Crippen LogP contribution >= 0.6 is 0 Å². The molecule has 2 N–H and O–H groups in total. The molecule has 0 aromatic heterocycles. The average Bonchev–Trinajstić information content (AvgIpc) is 2.78. The fourth-order valence-electron chi connectivity index (χ4n) is 4.72. The third-order valence-corrected chi connectivity index (χ3v) is 10.8. The van der Waals surface area contributed by atoms with Gasteiger partial charge in [0.2, 0.25) is 5.91 Å². The number of nitrogens with one attached hydrogen (secondary N) is 1. The van der Waals surface area contributed by atoms with Crippen LogP contribution in [0.5, 0.6) is 0 Å². The summed E-state index contributed by atoms with van der Waals surface area (Å²) < 4.78 is 49.4. The van der Waals surface area contributed by atoms with Crippen molar-refractivity contribution in [3.05, 3.63) is 59.7 Å². The molecule has 0 spiro atoms. The quantitative estimate of drug-likeness (QED) is 0.484. The minimum absolute atomic E-state index is 0. The van der Waals surface area contributed by atoms with E-state index in [1.54, 1.807) is 41.9 Å². The summed E-state index contributed by atoms with van der Waals surface area (Å²) in [5.41, 5.74) is 3.66. The van der Waals surface area contributed by atoms with Gasteiger partial charge in [0, 0.05) is 13.1 Å². The molecule has 8 nitrogen and oxygen atoms in total. The molecule has 2 aromatic rings. The Morgan fingerprint density at radius 1 is 1.00 bits per heavy atom. The van der Waals surface area contributed by atoms with Crippen LogP contribution in [0.1, 0.15) is 44.2 Å². The van der Waals surface area contributed by atoms with Gasteiger partial charge in [0.1, 0.15) is 4.75 Å². The number of para-hydroxylation sites is 1. The molecule has 2 heterocycles. The van der Waals surface area contributed by atoms with Gasteiger partial charge in [-0.1, -0.05) is 50.2 Å². The average molecular weight is 495 g/mol. The van der Waals surface area contributed by atoms with E-state index in [9.17, 15) is 21.6 Å². The Hall–Kier alpha value is -2.43. The molecule has 0 bridgehead atoms. The molecule has 1 atom stereocenters. The number of fused-ring (bicyclic) bond motifs is 1. The van der Waals surface area contributed by atoms with Gasteiger partial charge >= 0.3 is 0 Å². The number of anilines is 1. The maximum absolute atomic E-state index is 13.0. The molecule has 1 amide bonds. The van der Waals surface area contributed by atoms with E-state index < -0.39 is 30.3 Å². The molecule has 2 aromatic carbocycles. The maximum Gasteiger partial charge on any atom is 0.245 e. The molecule has 0 radical (unpaired) electrons. The molecule has 2 aliphatic rings. The fourth-order valence-corrected chi connectivity index (χ4v) is 8.48. The second kappa shape index (κ2) is 9.44. The van der Waals surface area contributed by atoms with E-state index >= 15 is 0 Å². The molecule has 33 heavy (non-hydrogen) atoms. The predicted octanol–water partition coefficient (Wildman–Crippen LogP) is 2.81. The Labute approximate surface area is 195 Å². The van der Waals surface area contributed by atoms with E-state index in [1.807, 2.05) is 17.0 Å². The number of rotatable bonds is 5. The van der Waals surface area contributed by atoms with Crippen molar-refractivity contribution in [1.29, 1.82) is 0 Å². The summed E-state index contributed by atoms with van der Waals surface area (Å²) in [6, 6.07) is 14.0. The Kier molecular flexibility index (Phi) is 7.21. The predicted molar refractivity (Wildman–Crippen MR) is 127 cm³/mol. The zero-order chi connectivity index (χ0) is 23.0. The first kappa shape index (κ1) is 25.2. The summed E-state index contributed by atoms with van der Waals surface area (Å²) in [4.78, 5) is 14.3. The van der Waals surface area contributed by atoms with Crippen LogP contribution in [0, 0.1) is 0 Å². The van der Waals surface area contributed by atoms with Gasteiger partial charge in [0.05, 0.1) is 28.5 Å². The molecule has 1 fully saturated rings. The van der Waals surface area contributed by atoms with E-state index in [2.05, 4.69) is 0 Å². The lowest BCUT2D eigenvalue weighted by Gasteiger charge is -2.37. The topological polar surface area (TPSA) is 121 Å². The number of carbonyl (C=O) groups is 1. The van der Waals surface area contributed by atoms with E-state index in [1.165, 1.54) is 0 Å². The highest BCUT2D eigenvalue weighted by Crippen LogP contribution is 2.43. The molecular formula is C23H30N2O6S2. The summed E-state index contributed by atoms with van der Waals surface area (Å²) in [6.45, 7) is 0.847. The van der Waals surface area contributed by atoms with Crippen LogP contribution in [0.25, 0.3) is 0 Å². The number of nitrogens with zero attached hydrogens (tertiary/aromatic N) is 1. The minimum atomic E-state index is -3.59. The summed E-state index contributed by atoms with van der Waals surface area (Å²) in [6.07, 6.45) is 1.22. The number of hydrogen-bond donors (Lipinski definition) is 2. The Balaban J connectivity index is 0.00000306. The minimum Gasteiger partial charge on any atom is -0.365 e. The molecule has 2 aliphatic heterocycles. The number of carbonyl (C=O) groups excluding carboxylic acids is 1. The van der Waals surface area contributed by atoms with Crippen molar-refractivity contribution >= 4 is 31.3 Å².